The number of nitrogens with one attached hydrogen (secondary N) is 2. The predicted molar refractivity (Wildman–Crippen MR) is 131 cm³/mol. The number of aromatic nitrogens is 2. The molecule has 1 aromatic carbocycles. The summed E-state index contributed by atoms with van der Waals surface area (Å²) in [4.78, 5) is 26.7. The van der Waals surface area contributed by atoms with Gasteiger partial charge in [0.1, 0.15) is 11.6 Å². The molecule has 166 valence electrons. The normalized spacial score (nSPS) is 12.7. The van der Waals surface area contributed by atoms with Gasteiger partial charge in [0.25, 0.3) is 0 Å². The van der Waals surface area contributed by atoms with E-state index in [1.165, 1.54) is 16.5 Å². The minimum absolute atomic E-state index is 0.291. The first-order valence-corrected chi connectivity index (χ1v) is 11.1. The number of benzene rings is 1. The highest BCUT2D eigenvalue weighted by molar-refractivity contribution is 7.10. The van der Waals surface area contributed by atoms with Crippen molar-refractivity contribution in [1.82, 2.24) is 9.97 Å². The maximum absolute atomic E-state index is 11.9. The van der Waals surface area contributed by atoms with Gasteiger partial charge in [0, 0.05) is 44.3 Å². The van der Waals surface area contributed by atoms with Crippen LogP contribution in [0.5, 0.6) is 5.75 Å². The Morgan fingerprint density at radius 3 is 2.91 bits per heavy atom. The number of ether oxygens (including phenoxy) is 1. The molecule has 9 heteroatoms. The molecular formula is C23H26N6O2S. The summed E-state index contributed by atoms with van der Waals surface area (Å²) in [6.07, 6.45) is 4.00. The number of hydrogen-bond donors (Lipinski definition) is 2. The summed E-state index contributed by atoms with van der Waals surface area (Å²) < 4.78 is 5.58. The number of methoxy groups -OCH3 is 1. The lowest BCUT2D eigenvalue weighted by Gasteiger charge is -2.28. The lowest BCUT2D eigenvalue weighted by atomic mass is 10.1. The van der Waals surface area contributed by atoms with Gasteiger partial charge in [-0.1, -0.05) is 6.58 Å². The Morgan fingerprint density at radius 1 is 1.31 bits per heavy atom. The smallest absolute Gasteiger partial charge is 0.247 e. The topological polar surface area (TPSA) is 82.6 Å². The van der Waals surface area contributed by atoms with Crippen molar-refractivity contribution in [1.29, 1.82) is 0 Å². The van der Waals surface area contributed by atoms with Crippen molar-refractivity contribution in [3.05, 3.63) is 58.9 Å². The number of rotatable bonds is 7. The average molecular weight is 451 g/mol. The van der Waals surface area contributed by atoms with Crippen molar-refractivity contribution in [2.24, 2.45) is 0 Å². The number of thiophene rings is 1. The summed E-state index contributed by atoms with van der Waals surface area (Å²) in [6.45, 7) is 5.29. The van der Waals surface area contributed by atoms with E-state index in [4.69, 9.17) is 9.72 Å². The van der Waals surface area contributed by atoms with Crippen molar-refractivity contribution in [3.8, 4) is 5.75 Å². The number of amides is 1. The number of carbonyl (C=O) groups is 1. The fraction of sp³-hybridized carbons (Fsp3) is 0.261. The van der Waals surface area contributed by atoms with Gasteiger partial charge in [-0.2, -0.15) is 4.98 Å². The molecule has 1 aliphatic rings. The summed E-state index contributed by atoms with van der Waals surface area (Å²) in [5, 5.41) is 8.24. The van der Waals surface area contributed by atoms with Gasteiger partial charge in [-0.05, 0) is 41.6 Å². The largest absolute Gasteiger partial charge is 0.494 e. The fourth-order valence-corrected chi connectivity index (χ4v) is 4.53. The van der Waals surface area contributed by atoms with Gasteiger partial charge in [-0.25, -0.2) is 4.98 Å². The average Bonchev–Trinajstić information content (AvgIpc) is 3.27. The molecule has 2 aromatic heterocycles. The van der Waals surface area contributed by atoms with Crippen LogP contribution in [0, 0.1) is 0 Å². The molecule has 3 heterocycles. The van der Waals surface area contributed by atoms with Crippen LogP contribution in [-0.2, 0) is 17.8 Å². The summed E-state index contributed by atoms with van der Waals surface area (Å²) in [5.41, 5.74) is 3.43. The van der Waals surface area contributed by atoms with E-state index in [1.54, 1.807) is 13.3 Å². The Labute approximate surface area is 191 Å². The predicted octanol–water partition coefficient (Wildman–Crippen LogP) is 4.04. The third kappa shape index (κ3) is 4.52. The van der Waals surface area contributed by atoms with Gasteiger partial charge in [0.05, 0.1) is 24.2 Å². The van der Waals surface area contributed by atoms with E-state index in [0.717, 1.165) is 31.0 Å². The van der Waals surface area contributed by atoms with E-state index in [1.807, 2.05) is 48.5 Å². The van der Waals surface area contributed by atoms with Gasteiger partial charge in [-0.3, -0.25) is 4.79 Å². The van der Waals surface area contributed by atoms with E-state index in [-0.39, 0.29) is 5.91 Å². The molecule has 1 amide bonds. The van der Waals surface area contributed by atoms with Crippen LogP contribution in [0.25, 0.3) is 0 Å². The third-order valence-electron chi connectivity index (χ3n) is 5.26. The molecule has 8 nitrogen and oxygen atoms in total. The maximum atomic E-state index is 11.9. The molecular weight excluding hydrogens is 424 g/mol. The summed E-state index contributed by atoms with van der Waals surface area (Å²) in [5.74, 6) is 1.64. The Balaban J connectivity index is 1.62. The molecule has 0 saturated heterocycles. The molecule has 2 N–H and O–H groups in total. The van der Waals surface area contributed by atoms with E-state index >= 15 is 0 Å². The number of carbonyl (C=O) groups excluding carboxylic acids is 1. The molecule has 0 atom stereocenters. The van der Waals surface area contributed by atoms with Crippen LogP contribution in [0.15, 0.2) is 48.5 Å². The quantitative estimate of drug-likeness (QED) is 0.526. The second kappa shape index (κ2) is 9.27. The highest BCUT2D eigenvalue weighted by atomic mass is 32.1. The lowest BCUT2D eigenvalue weighted by Crippen LogP contribution is -2.30. The Bertz CT molecular complexity index is 1140. The monoisotopic (exact) mass is 450 g/mol. The number of nitrogens with zero attached hydrogens (tertiary/aromatic N) is 4. The maximum Gasteiger partial charge on any atom is 0.247 e. The highest BCUT2D eigenvalue weighted by Crippen LogP contribution is 2.37. The van der Waals surface area contributed by atoms with E-state index in [9.17, 15) is 4.79 Å². The van der Waals surface area contributed by atoms with Gasteiger partial charge in [0.15, 0.2) is 0 Å². The fourth-order valence-electron chi connectivity index (χ4n) is 3.64. The molecule has 0 fully saturated rings. The molecule has 0 radical (unpaired) electrons. The van der Waals surface area contributed by atoms with Gasteiger partial charge in [-0.15, -0.1) is 11.3 Å². The first kappa shape index (κ1) is 21.6. The van der Waals surface area contributed by atoms with E-state index in [2.05, 4.69) is 38.5 Å². The van der Waals surface area contributed by atoms with Crippen LogP contribution < -0.4 is 25.2 Å². The van der Waals surface area contributed by atoms with Crippen molar-refractivity contribution in [2.45, 2.75) is 13.0 Å². The van der Waals surface area contributed by atoms with E-state index < -0.39 is 0 Å². The Kier molecular flexibility index (Phi) is 6.27. The molecule has 0 unspecified atom stereocenters. The molecule has 0 spiro atoms. The summed E-state index contributed by atoms with van der Waals surface area (Å²) >= 11 is 1.82. The first-order chi connectivity index (χ1) is 15.5. The van der Waals surface area contributed by atoms with Crippen molar-refractivity contribution >= 4 is 46.1 Å². The second-order valence-electron chi connectivity index (χ2n) is 7.56. The summed E-state index contributed by atoms with van der Waals surface area (Å²) in [6, 6.07) is 7.77. The van der Waals surface area contributed by atoms with Gasteiger partial charge in [0.2, 0.25) is 11.9 Å². The number of anilines is 5. The molecule has 1 aliphatic heterocycles. The Hall–Kier alpha value is -3.59. The molecule has 0 saturated carbocycles. The molecule has 4 rings (SSSR count). The van der Waals surface area contributed by atoms with Gasteiger partial charge >= 0.3 is 0 Å². The molecule has 0 aliphatic carbocycles. The zero-order valence-corrected chi connectivity index (χ0v) is 19.2. The Morgan fingerprint density at radius 2 is 2.16 bits per heavy atom. The second-order valence-corrected chi connectivity index (χ2v) is 8.56. The molecule has 32 heavy (non-hydrogen) atoms. The van der Waals surface area contributed by atoms with Crippen LogP contribution in [-0.4, -0.2) is 43.6 Å². The minimum atomic E-state index is -0.291. The van der Waals surface area contributed by atoms with E-state index in [0.29, 0.717) is 23.1 Å². The summed E-state index contributed by atoms with van der Waals surface area (Å²) in [7, 11) is 5.40. The highest BCUT2D eigenvalue weighted by Gasteiger charge is 2.19. The number of fused-ring (bicyclic) bond motifs is 1. The van der Waals surface area contributed by atoms with Gasteiger partial charge < -0.3 is 25.2 Å². The van der Waals surface area contributed by atoms with Crippen LogP contribution in [0.2, 0.25) is 0 Å². The first-order valence-electron chi connectivity index (χ1n) is 10.2. The minimum Gasteiger partial charge on any atom is -0.494 e. The third-order valence-corrected chi connectivity index (χ3v) is 6.28. The lowest BCUT2D eigenvalue weighted by molar-refractivity contribution is -0.111. The van der Waals surface area contributed by atoms with Crippen molar-refractivity contribution < 1.29 is 9.53 Å². The standard InChI is InChI=1S/C23H26N6O2S/c1-5-22(30)25-16-12-17(19(31-4)13-18(16)28(2)3)26-23-24-9-6-21(27-23)29-10-7-20-15(14-29)8-11-32-20/h5-6,8-9,11-13H,1,7,10,14H2,2-4H3,(H,25,30)(H,24,26,27). The zero-order valence-electron chi connectivity index (χ0n) is 18.4. The zero-order chi connectivity index (χ0) is 22.7. The van der Waals surface area contributed by atoms with Crippen LogP contribution in [0.3, 0.4) is 0 Å². The van der Waals surface area contributed by atoms with Crippen LogP contribution in [0.4, 0.5) is 28.8 Å². The van der Waals surface area contributed by atoms with Crippen molar-refractivity contribution in [2.75, 3.05) is 48.2 Å². The van der Waals surface area contributed by atoms with Crippen LogP contribution in [0.1, 0.15) is 10.4 Å². The molecule has 0 bridgehead atoms. The van der Waals surface area contributed by atoms with Crippen molar-refractivity contribution in [3.63, 3.8) is 0 Å². The SMILES string of the molecule is C=CC(=O)Nc1cc(Nc2nccc(N3CCc4sccc4C3)n2)c(OC)cc1N(C)C. The number of hydrogen-bond acceptors (Lipinski definition) is 8. The molecule has 3 aromatic rings. The van der Waals surface area contributed by atoms with Crippen LogP contribution >= 0.6 is 11.3 Å².